The number of thiophene rings is 1. The molecular weight excluding hydrogens is 374 g/mol. The average molecular weight is 393 g/mol. The summed E-state index contributed by atoms with van der Waals surface area (Å²) in [6, 6.07) is 9.73. The third-order valence-corrected chi connectivity index (χ3v) is 7.01. The fourth-order valence-electron chi connectivity index (χ4n) is 2.93. The van der Waals surface area contributed by atoms with Crippen LogP contribution >= 0.6 is 11.3 Å². The standard InChI is InChI=1S/C17H19N3O4S2/c18-15(21)14-8-10-25-17(14)19-16(22)12-5-4-9-20(11-12)26(23,24)13-6-2-1-3-7-13/h1-3,6-8,10,12H,4-5,9,11H2,(H2,18,21)(H,19,22). The van der Waals surface area contributed by atoms with Gasteiger partial charge in [0.05, 0.1) is 16.4 Å². The van der Waals surface area contributed by atoms with Crippen molar-refractivity contribution in [2.75, 3.05) is 18.4 Å². The van der Waals surface area contributed by atoms with Gasteiger partial charge in [0.25, 0.3) is 5.91 Å². The molecule has 1 aromatic carbocycles. The van der Waals surface area contributed by atoms with Gasteiger partial charge in [-0.05, 0) is 36.4 Å². The molecule has 2 aromatic rings. The van der Waals surface area contributed by atoms with Gasteiger partial charge in [0.15, 0.2) is 0 Å². The maximum absolute atomic E-state index is 12.8. The number of carbonyl (C=O) groups is 2. The molecule has 1 fully saturated rings. The van der Waals surface area contributed by atoms with E-state index in [4.69, 9.17) is 5.73 Å². The second-order valence-corrected chi connectivity index (χ2v) is 8.89. The Morgan fingerprint density at radius 1 is 1.19 bits per heavy atom. The largest absolute Gasteiger partial charge is 0.366 e. The minimum absolute atomic E-state index is 0.111. The molecule has 1 aliphatic heterocycles. The number of piperidine rings is 1. The highest BCUT2D eigenvalue weighted by Crippen LogP contribution is 2.27. The molecule has 3 rings (SSSR count). The van der Waals surface area contributed by atoms with Crippen molar-refractivity contribution in [2.45, 2.75) is 17.7 Å². The van der Waals surface area contributed by atoms with Crippen LogP contribution in [0.3, 0.4) is 0 Å². The molecule has 138 valence electrons. The van der Waals surface area contributed by atoms with Gasteiger partial charge in [-0.15, -0.1) is 11.3 Å². The first kappa shape index (κ1) is 18.6. The summed E-state index contributed by atoms with van der Waals surface area (Å²) in [6.45, 7) is 0.493. The molecule has 0 radical (unpaired) electrons. The van der Waals surface area contributed by atoms with Crippen LogP contribution in [0, 0.1) is 5.92 Å². The molecule has 3 N–H and O–H groups in total. The van der Waals surface area contributed by atoms with E-state index >= 15 is 0 Å². The summed E-state index contributed by atoms with van der Waals surface area (Å²) < 4.78 is 26.8. The molecular formula is C17H19N3O4S2. The van der Waals surface area contributed by atoms with Crippen LogP contribution < -0.4 is 11.1 Å². The highest BCUT2D eigenvalue weighted by molar-refractivity contribution is 7.89. The molecule has 2 amide bonds. The number of benzene rings is 1. The Balaban J connectivity index is 1.73. The van der Waals surface area contributed by atoms with Gasteiger partial charge in [-0.25, -0.2) is 8.42 Å². The van der Waals surface area contributed by atoms with Gasteiger partial charge in [-0.3, -0.25) is 9.59 Å². The molecule has 0 aliphatic carbocycles. The lowest BCUT2D eigenvalue weighted by atomic mass is 9.99. The second-order valence-electron chi connectivity index (χ2n) is 6.03. The number of nitrogens with one attached hydrogen (secondary N) is 1. The molecule has 1 unspecified atom stereocenters. The summed E-state index contributed by atoms with van der Waals surface area (Å²) in [4.78, 5) is 24.2. The molecule has 1 aliphatic rings. The van der Waals surface area contributed by atoms with E-state index in [2.05, 4.69) is 5.32 Å². The minimum Gasteiger partial charge on any atom is -0.366 e. The average Bonchev–Trinajstić information content (AvgIpc) is 3.11. The van der Waals surface area contributed by atoms with Crippen molar-refractivity contribution in [3.05, 3.63) is 47.3 Å². The predicted molar refractivity (Wildman–Crippen MR) is 99.4 cm³/mol. The third kappa shape index (κ3) is 3.79. The van der Waals surface area contributed by atoms with Crippen LogP contribution in [-0.2, 0) is 14.8 Å². The monoisotopic (exact) mass is 393 g/mol. The van der Waals surface area contributed by atoms with Gasteiger partial charge in [-0.2, -0.15) is 4.31 Å². The zero-order valence-electron chi connectivity index (χ0n) is 13.9. The third-order valence-electron chi connectivity index (χ3n) is 4.30. The lowest BCUT2D eigenvalue weighted by Crippen LogP contribution is -2.43. The molecule has 7 nitrogen and oxygen atoms in total. The fourth-order valence-corrected chi connectivity index (χ4v) is 5.27. The van der Waals surface area contributed by atoms with E-state index in [1.807, 2.05) is 0 Å². The predicted octanol–water partition coefficient (Wildman–Crippen LogP) is 1.89. The van der Waals surface area contributed by atoms with Crippen molar-refractivity contribution >= 4 is 38.2 Å². The summed E-state index contributed by atoms with van der Waals surface area (Å²) in [5.74, 6) is -1.40. The Labute approximate surface area is 155 Å². The number of primary amides is 1. The summed E-state index contributed by atoms with van der Waals surface area (Å²) in [6.07, 6.45) is 1.18. The van der Waals surface area contributed by atoms with E-state index < -0.39 is 21.8 Å². The Kier molecular flexibility index (Phi) is 5.40. The number of rotatable bonds is 5. The number of sulfonamides is 1. The number of nitrogens with two attached hydrogens (primary N) is 1. The molecule has 0 spiro atoms. The van der Waals surface area contributed by atoms with E-state index in [0.717, 1.165) is 0 Å². The quantitative estimate of drug-likeness (QED) is 0.808. The van der Waals surface area contributed by atoms with E-state index in [-0.39, 0.29) is 22.9 Å². The van der Waals surface area contributed by atoms with E-state index in [1.54, 1.807) is 41.8 Å². The Hall–Kier alpha value is -2.23. The molecule has 1 aromatic heterocycles. The van der Waals surface area contributed by atoms with Crippen molar-refractivity contribution in [3.8, 4) is 0 Å². The summed E-state index contributed by atoms with van der Waals surface area (Å²) in [7, 11) is -3.63. The highest BCUT2D eigenvalue weighted by atomic mass is 32.2. The van der Waals surface area contributed by atoms with Crippen molar-refractivity contribution < 1.29 is 18.0 Å². The van der Waals surface area contributed by atoms with Crippen molar-refractivity contribution in [1.29, 1.82) is 0 Å². The van der Waals surface area contributed by atoms with Gasteiger partial charge >= 0.3 is 0 Å². The number of carbonyl (C=O) groups excluding carboxylic acids is 2. The SMILES string of the molecule is NC(=O)c1ccsc1NC(=O)C1CCCN(S(=O)(=O)c2ccccc2)C1. The van der Waals surface area contributed by atoms with Gasteiger partial charge in [0.1, 0.15) is 5.00 Å². The van der Waals surface area contributed by atoms with Crippen molar-refractivity contribution in [1.82, 2.24) is 4.31 Å². The molecule has 0 bridgehead atoms. The Morgan fingerprint density at radius 2 is 1.92 bits per heavy atom. The molecule has 9 heteroatoms. The van der Waals surface area contributed by atoms with Crippen LogP contribution in [0.4, 0.5) is 5.00 Å². The number of hydrogen-bond acceptors (Lipinski definition) is 5. The molecule has 0 saturated carbocycles. The lowest BCUT2D eigenvalue weighted by Gasteiger charge is -2.31. The van der Waals surface area contributed by atoms with Gasteiger partial charge in [0, 0.05) is 13.1 Å². The van der Waals surface area contributed by atoms with Gasteiger partial charge in [-0.1, -0.05) is 18.2 Å². The van der Waals surface area contributed by atoms with Gasteiger partial charge in [0.2, 0.25) is 15.9 Å². The Bertz CT molecular complexity index is 909. The topological polar surface area (TPSA) is 110 Å². The maximum Gasteiger partial charge on any atom is 0.251 e. The number of nitrogens with zero attached hydrogens (tertiary/aromatic N) is 1. The van der Waals surface area contributed by atoms with Crippen LogP contribution in [0.5, 0.6) is 0 Å². The number of hydrogen-bond donors (Lipinski definition) is 2. The zero-order chi connectivity index (χ0) is 18.7. The Morgan fingerprint density at radius 3 is 2.62 bits per heavy atom. The normalized spacial score (nSPS) is 18.4. The van der Waals surface area contributed by atoms with Crippen molar-refractivity contribution in [2.24, 2.45) is 11.7 Å². The van der Waals surface area contributed by atoms with E-state index in [0.29, 0.717) is 24.4 Å². The first-order valence-corrected chi connectivity index (χ1v) is 10.4. The van der Waals surface area contributed by atoms with Crippen molar-refractivity contribution in [3.63, 3.8) is 0 Å². The lowest BCUT2D eigenvalue weighted by molar-refractivity contribution is -0.120. The van der Waals surface area contributed by atoms with Crippen LogP contribution in [0.25, 0.3) is 0 Å². The molecule has 26 heavy (non-hydrogen) atoms. The second kappa shape index (κ2) is 7.56. The summed E-state index contributed by atoms with van der Waals surface area (Å²) in [5, 5.41) is 4.77. The molecule has 1 saturated heterocycles. The van der Waals surface area contributed by atoms with Crippen LogP contribution in [0.2, 0.25) is 0 Å². The smallest absolute Gasteiger partial charge is 0.251 e. The number of anilines is 1. The zero-order valence-corrected chi connectivity index (χ0v) is 15.6. The summed E-state index contributed by atoms with van der Waals surface area (Å²) >= 11 is 1.21. The van der Waals surface area contributed by atoms with E-state index in [9.17, 15) is 18.0 Å². The highest BCUT2D eigenvalue weighted by Gasteiger charge is 2.33. The van der Waals surface area contributed by atoms with E-state index in [1.165, 1.54) is 15.6 Å². The first-order valence-electron chi connectivity index (χ1n) is 8.13. The first-order chi connectivity index (χ1) is 12.4. The minimum atomic E-state index is -3.63. The van der Waals surface area contributed by atoms with Gasteiger partial charge < -0.3 is 11.1 Å². The number of amides is 2. The summed E-state index contributed by atoms with van der Waals surface area (Å²) in [5.41, 5.74) is 5.54. The molecule has 1 atom stereocenters. The van der Waals surface area contributed by atoms with Crippen LogP contribution in [-0.4, -0.2) is 37.6 Å². The van der Waals surface area contributed by atoms with Crippen LogP contribution in [0.15, 0.2) is 46.7 Å². The van der Waals surface area contributed by atoms with Crippen LogP contribution in [0.1, 0.15) is 23.2 Å². The molecule has 2 heterocycles. The fraction of sp³-hybridized carbons (Fsp3) is 0.294. The maximum atomic E-state index is 12.8.